The number of anilines is 2. The van der Waals surface area contributed by atoms with E-state index in [9.17, 15) is 14.9 Å². The molecule has 8 heteroatoms. The molecule has 2 rings (SSSR count). The van der Waals surface area contributed by atoms with E-state index in [2.05, 4.69) is 5.32 Å². The van der Waals surface area contributed by atoms with Crippen molar-refractivity contribution in [3.63, 3.8) is 0 Å². The van der Waals surface area contributed by atoms with E-state index in [1.54, 1.807) is 12.1 Å². The standard InChI is InChI=1S/C16H16ClN3O4/c1-19(2)13-6-4-12(5-7-13)18-16(21)10-24-15-8-3-11(17)9-14(15)20(22)23/h3-9H,10H2,1-2H3,(H,18,21). The van der Waals surface area contributed by atoms with Crippen LogP contribution >= 0.6 is 11.6 Å². The van der Waals surface area contributed by atoms with Crippen molar-refractivity contribution in [2.24, 2.45) is 0 Å². The molecule has 1 amide bonds. The number of nitrogens with zero attached hydrogens (tertiary/aromatic N) is 2. The summed E-state index contributed by atoms with van der Waals surface area (Å²) in [7, 11) is 3.83. The van der Waals surface area contributed by atoms with E-state index in [1.165, 1.54) is 18.2 Å². The third kappa shape index (κ3) is 4.60. The molecule has 0 radical (unpaired) electrons. The van der Waals surface area contributed by atoms with E-state index in [1.807, 2.05) is 31.1 Å². The monoisotopic (exact) mass is 349 g/mol. The largest absolute Gasteiger partial charge is 0.477 e. The van der Waals surface area contributed by atoms with Crippen LogP contribution in [0.25, 0.3) is 0 Å². The highest BCUT2D eigenvalue weighted by atomic mass is 35.5. The Kier molecular flexibility index (Phi) is 5.59. The van der Waals surface area contributed by atoms with E-state index in [0.29, 0.717) is 5.69 Å². The second kappa shape index (κ2) is 7.65. The Morgan fingerprint density at radius 3 is 2.50 bits per heavy atom. The number of amides is 1. The van der Waals surface area contributed by atoms with Crippen LogP contribution in [0.15, 0.2) is 42.5 Å². The fourth-order valence-electron chi connectivity index (χ4n) is 1.94. The molecule has 0 heterocycles. The first kappa shape index (κ1) is 17.6. The van der Waals surface area contributed by atoms with Crippen molar-refractivity contribution in [1.82, 2.24) is 0 Å². The maximum atomic E-state index is 11.9. The average Bonchev–Trinajstić information content (AvgIpc) is 2.54. The zero-order chi connectivity index (χ0) is 17.7. The van der Waals surface area contributed by atoms with Gasteiger partial charge in [0.2, 0.25) is 0 Å². The normalized spacial score (nSPS) is 10.1. The lowest BCUT2D eigenvalue weighted by atomic mass is 10.2. The highest BCUT2D eigenvalue weighted by Crippen LogP contribution is 2.29. The van der Waals surface area contributed by atoms with Gasteiger partial charge in [-0.25, -0.2) is 0 Å². The second-order valence-corrected chi connectivity index (χ2v) is 5.58. The molecule has 0 saturated heterocycles. The summed E-state index contributed by atoms with van der Waals surface area (Å²) in [5.41, 5.74) is 1.33. The summed E-state index contributed by atoms with van der Waals surface area (Å²) in [6, 6.07) is 11.2. The number of nitro groups is 1. The number of ether oxygens (including phenoxy) is 1. The van der Waals surface area contributed by atoms with Crippen LogP contribution in [0.5, 0.6) is 5.75 Å². The maximum Gasteiger partial charge on any atom is 0.312 e. The molecule has 2 aromatic carbocycles. The first-order chi connectivity index (χ1) is 11.4. The number of rotatable bonds is 6. The zero-order valence-corrected chi connectivity index (χ0v) is 13.9. The molecule has 126 valence electrons. The third-order valence-electron chi connectivity index (χ3n) is 3.14. The number of carbonyl (C=O) groups is 1. The zero-order valence-electron chi connectivity index (χ0n) is 13.2. The van der Waals surface area contributed by atoms with Gasteiger partial charge in [0.05, 0.1) is 4.92 Å². The van der Waals surface area contributed by atoms with Crippen molar-refractivity contribution in [3.8, 4) is 5.75 Å². The van der Waals surface area contributed by atoms with Gasteiger partial charge in [-0.3, -0.25) is 14.9 Å². The van der Waals surface area contributed by atoms with Gasteiger partial charge in [0.15, 0.2) is 12.4 Å². The van der Waals surface area contributed by atoms with Crippen LogP contribution in [0.2, 0.25) is 5.02 Å². The van der Waals surface area contributed by atoms with Gasteiger partial charge < -0.3 is 15.0 Å². The van der Waals surface area contributed by atoms with Gasteiger partial charge in [0, 0.05) is 36.6 Å². The molecule has 0 aliphatic heterocycles. The van der Waals surface area contributed by atoms with Gasteiger partial charge >= 0.3 is 5.69 Å². The first-order valence-corrected chi connectivity index (χ1v) is 7.38. The fourth-order valence-corrected chi connectivity index (χ4v) is 2.10. The van der Waals surface area contributed by atoms with Gasteiger partial charge in [-0.2, -0.15) is 0 Å². The first-order valence-electron chi connectivity index (χ1n) is 7.01. The van der Waals surface area contributed by atoms with E-state index in [0.717, 1.165) is 5.69 Å². The molecule has 0 aromatic heterocycles. The number of carbonyl (C=O) groups excluding carboxylic acids is 1. The van der Waals surface area contributed by atoms with Crippen molar-refractivity contribution in [1.29, 1.82) is 0 Å². The molecule has 0 aliphatic rings. The van der Waals surface area contributed by atoms with Gasteiger partial charge in [0.25, 0.3) is 5.91 Å². The molecular weight excluding hydrogens is 334 g/mol. The lowest BCUT2D eigenvalue weighted by Gasteiger charge is -2.13. The Morgan fingerprint density at radius 2 is 1.92 bits per heavy atom. The number of benzene rings is 2. The van der Waals surface area contributed by atoms with Crippen LogP contribution in [-0.2, 0) is 4.79 Å². The van der Waals surface area contributed by atoms with Gasteiger partial charge in [-0.1, -0.05) is 11.6 Å². The molecule has 24 heavy (non-hydrogen) atoms. The maximum absolute atomic E-state index is 11.9. The van der Waals surface area contributed by atoms with Gasteiger partial charge in [-0.15, -0.1) is 0 Å². The van der Waals surface area contributed by atoms with Crippen LogP contribution in [0, 0.1) is 10.1 Å². The van der Waals surface area contributed by atoms with Crippen molar-refractivity contribution in [3.05, 3.63) is 57.6 Å². The predicted molar refractivity (Wildman–Crippen MR) is 93.0 cm³/mol. The third-order valence-corrected chi connectivity index (χ3v) is 3.38. The summed E-state index contributed by atoms with van der Waals surface area (Å²) in [5.74, 6) is -0.431. The topological polar surface area (TPSA) is 84.7 Å². The Labute approximate surface area is 143 Å². The van der Waals surface area contributed by atoms with Crippen molar-refractivity contribution < 1.29 is 14.5 Å². The molecule has 0 atom stereocenters. The molecular formula is C16H16ClN3O4. The molecule has 2 aromatic rings. The minimum atomic E-state index is -0.612. The highest BCUT2D eigenvalue weighted by Gasteiger charge is 2.16. The number of hydrogen-bond acceptors (Lipinski definition) is 5. The van der Waals surface area contributed by atoms with Crippen molar-refractivity contribution in [2.45, 2.75) is 0 Å². The molecule has 0 bridgehead atoms. The predicted octanol–water partition coefficient (Wildman–Crippen LogP) is 3.33. The van der Waals surface area contributed by atoms with Crippen molar-refractivity contribution in [2.75, 3.05) is 30.9 Å². The summed E-state index contributed by atoms with van der Waals surface area (Å²) < 4.78 is 5.23. The molecule has 0 aliphatic carbocycles. The Balaban J connectivity index is 1.97. The Morgan fingerprint density at radius 1 is 1.25 bits per heavy atom. The van der Waals surface area contributed by atoms with Crippen LogP contribution < -0.4 is 15.0 Å². The quantitative estimate of drug-likeness (QED) is 0.638. The minimum absolute atomic E-state index is 0.0116. The summed E-state index contributed by atoms with van der Waals surface area (Å²) >= 11 is 5.72. The lowest BCUT2D eigenvalue weighted by molar-refractivity contribution is -0.385. The summed E-state index contributed by atoms with van der Waals surface area (Å²) in [4.78, 5) is 24.2. The Bertz CT molecular complexity index is 747. The number of nitrogens with one attached hydrogen (secondary N) is 1. The van der Waals surface area contributed by atoms with Crippen LogP contribution in [-0.4, -0.2) is 31.5 Å². The molecule has 0 saturated carbocycles. The molecule has 7 nitrogen and oxygen atoms in total. The lowest BCUT2D eigenvalue weighted by Crippen LogP contribution is -2.20. The number of hydrogen-bond donors (Lipinski definition) is 1. The summed E-state index contributed by atoms with van der Waals surface area (Å²) in [6.45, 7) is -0.349. The van der Waals surface area contributed by atoms with Gasteiger partial charge in [-0.05, 0) is 36.4 Å². The van der Waals surface area contributed by atoms with Crippen LogP contribution in [0.1, 0.15) is 0 Å². The van der Waals surface area contributed by atoms with E-state index < -0.39 is 10.8 Å². The molecule has 1 N–H and O–H groups in total. The number of halogens is 1. The second-order valence-electron chi connectivity index (χ2n) is 5.15. The van der Waals surface area contributed by atoms with E-state index >= 15 is 0 Å². The van der Waals surface area contributed by atoms with Crippen molar-refractivity contribution >= 4 is 34.6 Å². The number of nitro benzene ring substituents is 1. The van der Waals surface area contributed by atoms with Gasteiger partial charge in [0.1, 0.15) is 0 Å². The molecule has 0 fully saturated rings. The summed E-state index contributed by atoms with van der Waals surface area (Å²) in [6.07, 6.45) is 0. The fraction of sp³-hybridized carbons (Fsp3) is 0.188. The van der Waals surface area contributed by atoms with E-state index in [4.69, 9.17) is 16.3 Å². The smallest absolute Gasteiger partial charge is 0.312 e. The molecule has 0 spiro atoms. The average molecular weight is 350 g/mol. The molecule has 0 unspecified atom stereocenters. The Hall–Kier alpha value is -2.80. The summed E-state index contributed by atoms with van der Waals surface area (Å²) in [5, 5.41) is 13.8. The van der Waals surface area contributed by atoms with Crippen LogP contribution in [0.3, 0.4) is 0 Å². The van der Waals surface area contributed by atoms with E-state index in [-0.39, 0.29) is 23.1 Å². The van der Waals surface area contributed by atoms with Crippen LogP contribution in [0.4, 0.5) is 17.1 Å². The highest BCUT2D eigenvalue weighted by molar-refractivity contribution is 6.30. The minimum Gasteiger partial charge on any atom is -0.477 e. The SMILES string of the molecule is CN(C)c1ccc(NC(=O)COc2ccc(Cl)cc2[N+](=O)[O-])cc1.